The van der Waals surface area contributed by atoms with Crippen molar-refractivity contribution in [3.63, 3.8) is 0 Å². The normalized spacial score (nSPS) is 18.1. The van der Waals surface area contributed by atoms with Crippen LogP contribution in [-0.4, -0.2) is 18.7 Å². The molecule has 1 aromatic carbocycles. The molecule has 0 fully saturated rings. The summed E-state index contributed by atoms with van der Waals surface area (Å²) >= 11 is 0. The molecule has 84 valence electrons. The fourth-order valence-corrected chi connectivity index (χ4v) is 1.55. The average molecular weight is 221 g/mol. The first-order valence-electron chi connectivity index (χ1n) is 4.96. The van der Waals surface area contributed by atoms with E-state index in [1.54, 1.807) is 31.2 Å². The molecule has 0 saturated carbocycles. The van der Waals surface area contributed by atoms with Crippen LogP contribution in [0.1, 0.15) is 18.5 Å². The maximum absolute atomic E-state index is 11.6. The lowest BCUT2D eigenvalue weighted by Crippen LogP contribution is -2.40. The van der Waals surface area contributed by atoms with Crippen molar-refractivity contribution in [2.45, 2.75) is 13.0 Å². The van der Waals surface area contributed by atoms with E-state index >= 15 is 0 Å². The molecule has 1 amide bonds. The smallest absolute Gasteiger partial charge is 0.413 e. The van der Waals surface area contributed by atoms with E-state index in [0.717, 1.165) is 0 Å². The Balaban J connectivity index is 2.33. The first-order chi connectivity index (χ1) is 7.72. The third-order valence-corrected chi connectivity index (χ3v) is 2.22. The van der Waals surface area contributed by atoms with Gasteiger partial charge < -0.3 is 14.8 Å². The molecule has 1 N–H and O–H groups in total. The van der Waals surface area contributed by atoms with Crippen molar-refractivity contribution in [1.82, 2.24) is 5.32 Å². The Hall–Kier alpha value is -2.04. The van der Waals surface area contributed by atoms with E-state index in [9.17, 15) is 9.59 Å². The van der Waals surface area contributed by atoms with Crippen molar-refractivity contribution in [2.75, 3.05) is 6.61 Å². The van der Waals surface area contributed by atoms with Gasteiger partial charge in [-0.1, -0.05) is 18.2 Å². The Morgan fingerprint density at radius 3 is 3.00 bits per heavy atom. The zero-order chi connectivity index (χ0) is 11.5. The van der Waals surface area contributed by atoms with Gasteiger partial charge >= 0.3 is 12.1 Å². The Morgan fingerprint density at radius 1 is 1.50 bits per heavy atom. The van der Waals surface area contributed by atoms with E-state index in [1.165, 1.54) is 0 Å². The molecule has 2 rings (SSSR count). The van der Waals surface area contributed by atoms with Crippen LogP contribution in [0, 0.1) is 0 Å². The maximum atomic E-state index is 11.6. The first kappa shape index (κ1) is 10.5. The van der Waals surface area contributed by atoms with Crippen molar-refractivity contribution in [3.8, 4) is 5.75 Å². The van der Waals surface area contributed by atoms with Gasteiger partial charge in [-0.05, 0) is 13.0 Å². The van der Waals surface area contributed by atoms with E-state index in [4.69, 9.17) is 9.47 Å². The Morgan fingerprint density at radius 2 is 2.25 bits per heavy atom. The molecule has 1 atom stereocenters. The first-order valence-corrected chi connectivity index (χ1v) is 4.96. The summed E-state index contributed by atoms with van der Waals surface area (Å²) < 4.78 is 9.81. The minimum absolute atomic E-state index is 0.272. The number of benzene rings is 1. The van der Waals surface area contributed by atoms with E-state index in [2.05, 4.69) is 5.32 Å². The summed E-state index contributed by atoms with van der Waals surface area (Å²) in [5, 5.41) is 2.42. The fourth-order valence-electron chi connectivity index (χ4n) is 1.55. The van der Waals surface area contributed by atoms with Crippen molar-refractivity contribution in [2.24, 2.45) is 0 Å². The van der Waals surface area contributed by atoms with Crippen molar-refractivity contribution >= 4 is 12.1 Å². The van der Waals surface area contributed by atoms with Crippen LogP contribution in [0.2, 0.25) is 0 Å². The largest absolute Gasteiger partial charge is 0.464 e. The van der Waals surface area contributed by atoms with Crippen LogP contribution in [0.3, 0.4) is 0 Å². The molecular weight excluding hydrogens is 210 g/mol. The highest BCUT2D eigenvalue weighted by Crippen LogP contribution is 2.29. The number of fused-ring (bicyclic) bond motifs is 1. The molecule has 5 nitrogen and oxygen atoms in total. The number of amides is 1. The number of carbonyl (C=O) groups is 2. The van der Waals surface area contributed by atoms with Crippen LogP contribution < -0.4 is 10.1 Å². The van der Waals surface area contributed by atoms with Crippen LogP contribution in [-0.2, 0) is 9.53 Å². The van der Waals surface area contributed by atoms with E-state index in [1.807, 2.05) is 0 Å². The van der Waals surface area contributed by atoms with Crippen LogP contribution in [0.4, 0.5) is 4.79 Å². The van der Waals surface area contributed by atoms with Crippen LogP contribution in [0.25, 0.3) is 0 Å². The number of hydrogen-bond acceptors (Lipinski definition) is 4. The van der Waals surface area contributed by atoms with Gasteiger partial charge in [0.15, 0.2) is 6.04 Å². The number of carbonyl (C=O) groups excluding carboxylic acids is 2. The fraction of sp³-hybridized carbons (Fsp3) is 0.273. The lowest BCUT2D eigenvalue weighted by atomic mass is 10.1. The predicted molar refractivity (Wildman–Crippen MR) is 55.0 cm³/mol. The Labute approximate surface area is 92.4 Å². The number of esters is 1. The molecular formula is C11H11NO4. The van der Waals surface area contributed by atoms with Crippen LogP contribution in [0.5, 0.6) is 5.75 Å². The zero-order valence-electron chi connectivity index (χ0n) is 8.73. The van der Waals surface area contributed by atoms with Gasteiger partial charge in [-0.15, -0.1) is 0 Å². The standard InChI is InChI=1S/C11H11NO4/c1-2-15-10(13)9-7-5-3-4-6-8(7)16-11(14)12-9/h3-6,9H,2H2,1H3,(H,12,14). The van der Waals surface area contributed by atoms with Gasteiger partial charge in [-0.3, -0.25) is 0 Å². The van der Waals surface area contributed by atoms with Crippen LogP contribution in [0.15, 0.2) is 24.3 Å². The summed E-state index contributed by atoms with van der Waals surface area (Å²) in [4.78, 5) is 22.8. The molecule has 1 unspecified atom stereocenters. The summed E-state index contributed by atoms with van der Waals surface area (Å²) in [5.74, 6) is -0.0871. The van der Waals surface area contributed by atoms with Crippen LogP contribution >= 0.6 is 0 Å². The maximum Gasteiger partial charge on any atom is 0.413 e. The molecule has 0 bridgehead atoms. The molecule has 16 heavy (non-hydrogen) atoms. The predicted octanol–water partition coefficient (Wildman–Crippen LogP) is 1.39. The zero-order valence-corrected chi connectivity index (χ0v) is 8.73. The minimum atomic E-state index is -0.780. The average Bonchev–Trinajstić information content (AvgIpc) is 2.28. The van der Waals surface area contributed by atoms with Gasteiger partial charge in [-0.25, -0.2) is 9.59 Å². The summed E-state index contributed by atoms with van der Waals surface area (Å²) in [6.07, 6.45) is -0.642. The Kier molecular flexibility index (Phi) is 2.76. The molecule has 1 aliphatic heterocycles. The summed E-state index contributed by atoms with van der Waals surface area (Å²) in [7, 11) is 0. The van der Waals surface area contributed by atoms with E-state index in [0.29, 0.717) is 11.3 Å². The number of hydrogen-bond donors (Lipinski definition) is 1. The molecule has 0 radical (unpaired) electrons. The minimum Gasteiger partial charge on any atom is -0.464 e. The van der Waals surface area contributed by atoms with E-state index < -0.39 is 18.1 Å². The highest BCUT2D eigenvalue weighted by molar-refractivity contribution is 5.86. The van der Waals surface area contributed by atoms with Crippen molar-refractivity contribution < 1.29 is 19.1 Å². The lowest BCUT2D eigenvalue weighted by molar-refractivity contribution is -0.145. The molecule has 0 aliphatic carbocycles. The van der Waals surface area contributed by atoms with E-state index in [-0.39, 0.29) is 6.61 Å². The molecule has 0 saturated heterocycles. The second-order valence-electron chi connectivity index (χ2n) is 3.26. The number of rotatable bonds is 2. The second kappa shape index (κ2) is 4.22. The topological polar surface area (TPSA) is 64.6 Å². The molecule has 1 aliphatic rings. The van der Waals surface area contributed by atoms with Gasteiger partial charge in [0.2, 0.25) is 0 Å². The van der Waals surface area contributed by atoms with Gasteiger partial charge in [0.25, 0.3) is 0 Å². The Bertz CT molecular complexity index is 430. The molecule has 1 heterocycles. The van der Waals surface area contributed by atoms with Gasteiger partial charge in [0.05, 0.1) is 6.61 Å². The van der Waals surface area contributed by atoms with Gasteiger partial charge in [0, 0.05) is 5.56 Å². The van der Waals surface area contributed by atoms with Gasteiger partial charge in [0.1, 0.15) is 5.75 Å². The SMILES string of the molecule is CCOC(=O)C1NC(=O)Oc2ccccc21. The highest BCUT2D eigenvalue weighted by Gasteiger charge is 2.32. The number of para-hydroxylation sites is 1. The number of ether oxygens (including phenoxy) is 2. The summed E-state index contributed by atoms with van der Waals surface area (Å²) in [6.45, 7) is 1.99. The highest BCUT2D eigenvalue weighted by atomic mass is 16.6. The summed E-state index contributed by atoms with van der Waals surface area (Å²) in [5.41, 5.74) is 0.612. The van der Waals surface area contributed by atoms with Crippen molar-refractivity contribution in [1.29, 1.82) is 0 Å². The van der Waals surface area contributed by atoms with Crippen molar-refractivity contribution in [3.05, 3.63) is 29.8 Å². The monoisotopic (exact) mass is 221 g/mol. The second-order valence-corrected chi connectivity index (χ2v) is 3.26. The molecule has 1 aromatic rings. The molecule has 0 spiro atoms. The third kappa shape index (κ3) is 1.84. The number of nitrogens with one attached hydrogen (secondary N) is 1. The third-order valence-electron chi connectivity index (χ3n) is 2.22. The molecule has 5 heteroatoms. The lowest BCUT2D eigenvalue weighted by Gasteiger charge is -2.24. The van der Waals surface area contributed by atoms with Gasteiger partial charge in [-0.2, -0.15) is 0 Å². The molecule has 0 aromatic heterocycles. The summed E-state index contributed by atoms with van der Waals surface area (Å²) in [6, 6.07) is 6.08. The quantitative estimate of drug-likeness (QED) is 0.766.